The Labute approximate surface area is 130 Å². The maximum Gasteiger partial charge on any atom is 0.0234 e. The van der Waals surface area contributed by atoms with Crippen LogP contribution in [0.3, 0.4) is 0 Å². The van der Waals surface area contributed by atoms with Crippen molar-refractivity contribution in [3.63, 3.8) is 0 Å². The third kappa shape index (κ3) is 5.10. The zero-order valence-electron chi connectivity index (χ0n) is 14.1. The lowest BCUT2D eigenvalue weighted by Crippen LogP contribution is -2.50. The van der Waals surface area contributed by atoms with Gasteiger partial charge in [0.15, 0.2) is 0 Å². The van der Waals surface area contributed by atoms with E-state index in [9.17, 15) is 0 Å². The van der Waals surface area contributed by atoms with Crippen LogP contribution >= 0.6 is 0 Å². The van der Waals surface area contributed by atoms with Crippen molar-refractivity contribution in [2.45, 2.75) is 52.4 Å². The molecule has 0 aliphatic carbocycles. The first kappa shape index (κ1) is 16.5. The molecule has 1 fully saturated rings. The number of rotatable bonds is 6. The summed E-state index contributed by atoms with van der Waals surface area (Å²) in [6.45, 7) is 12.3. The molecule has 1 heterocycles. The largest absolute Gasteiger partial charge is 0.310 e. The van der Waals surface area contributed by atoms with Gasteiger partial charge in [0.25, 0.3) is 0 Å². The molecule has 0 spiro atoms. The van der Waals surface area contributed by atoms with Gasteiger partial charge >= 0.3 is 0 Å². The lowest BCUT2D eigenvalue weighted by molar-refractivity contribution is 0.0884. The Hall–Kier alpha value is -0.900. The minimum atomic E-state index is 0.543. The van der Waals surface area contributed by atoms with Crippen molar-refractivity contribution < 1.29 is 0 Å². The molecule has 1 N–H and O–H groups in total. The summed E-state index contributed by atoms with van der Waals surface area (Å²) >= 11 is 0. The molecule has 1 unspecified atom stereocenters. The topological polar surface area (TPSA) is 18.5 Å². The van der Waals surface area contributed by atoms with Gasteiger partial charge in [-0.3, -0.25) is 4.90 Å². The molecule has 118 valence electrons. The van der Waals surface area contributed by atoms with E-state index in [2.05, 4.69) is 67.2 Å². The van der Waals surface area contributed by atoms with E-state index in [0.717, 1.165) is 13.1 Å². The molecule has 1 saturated heterocycles. The molecule has 0 radical (unpaired) electrons. The van der Waals surface area contributed by atoms with E-state index >= 15 is 0 Å². The molecule has 1 aromatic carbocycles. The highest BCUT2D eigenvalue weighted by Gasteiger charge is 2.22. The summed E-state index contributed by atoms with van der Waals surface area (Å²) in [7, 11) is 2.25. The van der Waals surface area contributed by atoms with Crippen molar-refractivity contribution in [1.29, 1.82) is 0 Å². The number of nitrogens with zero attached hydrogens (tertiary/aromatic N) is 2. The first-order chi connectivity index (χ1) is 10.1. The van der Waals surface area contributed by atoms with Gasteiger partial charge in [0, 0.05) is 44.8 Å². The van der Waals surface area contributed by atoms with Crippen molar-refractivity contribution in [3.8, 4) is 0 Å². The lowest BCUT2D eigenvalue weighted by Gasteiger charge is -2.39. The standard InChI is InChI=1S/C18H31N3/c1-5-18-14-21(11-10-20(18)4)13-17-8-6-16(7-9-17)12-19-15(2)3/h6-9,15,18-19H,5,10-14H2,1-4H3. The summed E-state index contributed by atoms with van der Waals surface area (Å²) in [5.74, 6) is 0. The Morgan fingerprint density at radius 2 is 1.81 bits per heavy atom. The van der Waals surface area contributed by atoms with E-state index in [-0.39, 0.29) is 0 Å². The Balaban J connectivity index is 1.85. The zero-order chi connectivity index (χ0) is 15.2. The van der Waals surface area contributed by atoms with Crippen molar-refractivity contribution in [2.75, 3.05) is 26.7 Å². The van der Waals surface area contributed by atoms with Crippen LogP contribution in [0.4, 0.5) is 0 Å². The summed E-state index contributed by atoms with van der Waals surface area (Å²) in [5, 5.41) is 3.46. The molecule has 0 saturated carbocycles. The smallest absolute Gasteiger partial charge is 0.0234 e. The van der Waals surface area contributed by atoms with Crippen molar-refractivity contribution in [1.82, 2.24) is 15.1 Å². The second-order valence-electron chi connectivity index (χ2n) is 6.63. The second kappa shape index (κ2) is 7.92. The highest BCUT2D eigenvalue weighted by atomic mass is 15.3. The van der Waals surface area contributed by atoms with Crippen LogP contribution in [0.1, 0.15) is 38.3 Å². The van der Waals surface area contributed by atoms with Gasteiger partial charge in [-0.05, 0) is 24.6 Å². The third-order valence-corrected chi connectivity index (χ3v) is 4.48. The Kier molecular flexibility index (Phi) is 6.22. The van der Waals surface area contributed by atoms with E-state index in [0.29, 0.717) is 12.1 Å². The van der Waals surface area contributed by atoms with Crippen LogP contribution in [-0.4, -0.2) is 48.6 Å². The SMILES string of the molecule is CCC1CN(Cc2ccc(CNC(C)C)cc2)CCN1C. The van der Waals surface area contributed by atoms with Crippen LogP contribution in [0.15, 0.2) is 24.3 Å². The molecule has 21 heavy (non-hydrogen) atoms. The monoisotopic (exact) mass is 289 g/mol. The molecule has 0 aromatic heterocycles. The molecular weight excluding hydrogens is 258 g/mol. The normalized spacial score (nSPS) is 21.1. The zero-order valence-corrected chi connectivity index (χ0v) is 14.1. The van der Waals surface area contributed by atoms with Gasteiger partial charge in [0.05, 0.1) is 0 Å². The van der Waals surface area contributed by atoms with Gasteiger partial charge in [0.2, 0.25) is 0 Å². The van der Waals surface area contributed by atoms with Crippen LogP contribution in [0, 0.1) is 0 Å². The minimum Gasteiger partial charge on any atom is -0.310 e. The van der Waals surface area contributed by atoms with Crippen molar-refractivity contribution >= 4 is 0 Å². The Morgan fingerprint density at radius 1 is 1.14 bits per heavy atom. The van der Waals surface area contributed by atoms with E-state index in [1.165, 1.54) is 37.2 Å². The number of likely N-dealkylation sites (N-methyl/N-ethyl adjacent to an activating group) is 1. The van der Waals surface area contributed by atoms with Crippen molar-refractivity contribution in [3.05, 3.63) is 35.4 Å². The molecule has 0 bridgehead atoms. The fraction of sp³-hybridized carbons (Fsp3) is 0.667. The predicted octanol–water partition coefficient (Wildman–Crippen LogP) is 2.71. The van der Waals surface area contributed by atoms with Crippen LogP contribution in [0.5, 0.6) is 0 Å². The first-order valence-electron chi connectivity index (χ1n) is 8.32. The quantitative estimate of drug-likeness (QED) is 0.869. The molecule has 2 rings (SSSR count). The van der Waals surface area contributed by atoms with Gasteiger partial charge in [0.1, 0.15) is 0 Å². The average Bonchev–Trinajstić information content (AvgIpc) is 2.48. The van der Waals surface area contributed by atoms with E-state index < -0.39 is 0 Å². The lowest BCUT2D eigenvalue weighted by atomic mass is 10.1. The minimum absolute atomic E-state index is 0.543. The molecule has 1 aliphatic rings. The molecule has 1 atom stereocenters. The highest BCUT2D eigenvalue weighted by molar-refractivity contribution is 5.22. The average molecular weight is 289 g/mol. The number of nitrogens with one attached hydrogen (secondary N) is 1. The van der Waals surface area contributed by atoms with Gasteiger partial charge in [-0.2, -0.15) is 0 Å². The molecular formula is C18H31N3. The highest BCUT2D eigenvalue weighted by Crippen LogP contribution is 2.14. The number of hydrogen-bond donors (Lipinski definition) is 1. The van der Waals surface area contributed by atoms with Gasteiger partial charge in [-0.25, -0.2) is 0 Å². The molecule has 1 aliphatic heterocycles. The Bertz CT molecular complexity index is 413. The fourth-order valence-corrected chi connectivity index (χ4v) is 2.94. The maximum atomic E-state index is 3.46. The number of benzene rings is 1. The summed E-state index contributed by atoms with van der Waals surface area (Å²) in [6.07, 6.45) is 1.24. The molecule has 1 aromatic rings. The third-order valence-electron chi connectivity index (χ3n) is 4.48. The summed E-state index contributed by atoms with van der Waals surface area (Å²) < 4.78 is 0. The summed E-state index contributed by atoms with van der Waals surface area (Å²) in [4.78, 5) is 5.09. The van der Waals surface area contributed by atoms with Crippen molar-refractivity contribution in [2.24, 2.45) is 0 Å². The molecule has 3 heteroatoms. The summed E-state index contributed by atoms with van der Waals surface area (Å²) in [5.41, 5.74) is 2.81. The van der Waals surface area contributed by atoms with Gasteiger partial charge < -0.3 is 10.2 Å². The number of piperazine rings is 1. The molecule has 3 nitrogen and oxygen atoms in total. The van der Waals surface area contributed by atoms with Gasteiger partial charge in [-0.15, -0.1) is 0 Å². The number of hydrogen-bond acceptors (Lipinski definition) is 3. The van der Waals surface area contributed by atoms with Gasteiger partial charge in [-0.1, -0.05) is 45.0 Å². The van der Waals surface area contributed by atoms with E-state index in [1.54, 1.807) is 0 Å². The van der Waals surface area contributed by atoms with Crippen LogP contribution in [0.2, 0.25) is 0 Å². The Morgan fingerprint density at radius 3 is 2.43 bits per heavy atom. The van der Waals surface area contributed by atoms with E-state index in [4.69, 9.17) is 0 Å². The van der Waals surface area contributed by atoms with Crippen LogP contribution < -0.4 is 5.32 Å². The fourth-order valence-electron chi connectivity index (χ4n) is 2.94. The second-order valence-corrected chi connectivity index (χ2v) is 6.63. The first-order valence-corrected chi connectivity index (χ1v) is 8.32. The maximum absolute atomic E-state index is 3.46. The van der Waals surface area contributed by atoms with E-state index in [1.807, 2.05) is 0 Å². The molecule has 0 amide bonds. The predicted molar refractivity (Wildman–Crippen MR) is 90.4 cm³/mol. The van der Waals surface area contributed by atoms with Crippen LogP contribution in [0.25, 0.3) is 0 Å². The summed E-state index contributed by atoms with van der Waals surface area (Å²) in [6, 6.07) is 10.4. The van der Waals surface area contributed by atoms with Crippen LogP contribution in [-0.2, 0) is 13.1 Å².